The minimum absolute atomic E-state index is 0.111. The number of hydrogen-bond acceptors (Lipinski definition) is 4. The highest BCUT2D eigenvalue weighted by Crippen LogP contribution is 2.09. The Kier molecular flexibility index (Phi) is 4.94. The average Bonchev–Trinajstić information content (AvgIpc) is 2.36. The van der Waals surface area contributed by atoms with Crippen LogP contribution in [0.5, 0.6) is 0 Å². The molecule has 0 aromatic heterocycles. The van der Waals surface area contributed by atoms with Crippen LogP contribution in [0.1, 0.15) is 12.5 Å². The smallest absolute Gasteiger partial charge is 0.345 e. The number of benzene rings is 1. The zero-order chi connectivity index (χ0) is 12.7. The molecule has 0 N–H and O–H groups in total. The van der Waals surface area contributed by atoms with Crippen LogP contribution in [-0.4, -0.2) is 25.7 Å². The van der Waals surface area contributed by atoms with Gasteiger partial charge in [0.2, 0.25) is 0 Å². The summed E-state index contributed by atoms with van der Waals surface area (Å²) in [7, 11) is 1.22. The Morgan fingerprint density at radius 3 is 2.35 bits per heavy atom. The van der Waals surface area contributed by atoms with E-state index in [4.69, 9.17) is 4.74 Å². The van der Waals surface area contributed by atoms with Crippen molar-refractivity contribution in [3.05, 3.63) is 41.5 Å². The first kappa shape index (κ1) is 13.0. The van der Waals surface area contributed by atoms with Gasteiger partial charge in [0.1, 0.15) is 5.57 Å². The first-order valence-electron chi connectivity index (χ1n) is 5.21. The first-order valence-corrected chi connectivity index (χ1v) is 5.21. The van der Waals surface area contributed by atoms with Crippen molar-refractivity contribution in [3.63, 3.8) is 0 Å². The molecule has 0 saturated carbocycles. The fourth-order valence-electron chi connectivity index (χ4n) is 1.24. The van der Waals surface area contributed by atoms with Crippen LogP contribution in [0.25, 0.3) is 6.08 Å². The molecule has 1 aromatic carbocycles. The molecule has 0 saturated heterocycles. The highest BCUT2D eigenvalue weighted by atomic mass is 16.5. The van der Waals surface area contributed by atoms with E-state index in [2.05, 4.69) is 4.74 Å². The van der Waals surface area contributed by atoms with Gasteiger partial charge in [-0.1, -0.05) is 30.3 Å². The predicted octanol–water partition coefficient (Wildman–Crippen LogP) is 1.81. The van der Waals surface area contributed by atoms with Gasteiger partial charge in [-0.2, -0.15) is 0 Å². The van der Waals surface area contributed by atoms with E-state index in [1.165, 1.54) is 13.2 Å². The van der Waals surface area contributed by atoms with Gasteiger partial charge in [0.15, 0.2) is 0 Å². The van der Waals surface area contributed by atoms with Gasteiger partial charge in [-0.3, -0.25) is 0 Å². The summed E-state index contributed by atoms with van der Waals surface area (Å²) in [5, 5.41) is 0. The highest BCUT2D eigenvalue weighted by Gasteiger charge is 2.19. The van der Waals surface area contributed by atoms with E-state index in [9.17, 15) is 9.59 Å². The molecule has 0 amide bonds. The van der Waals surface area contributed by atoms with Gasteiger partial charge in [0.25, 0.3) is 0 Å². The Labute approximate surface area is 99.8 Å². The highest BCUT2D eigenvalue weighted by molar-refractivity contribution is 6.17. The lowest BCUT2D eigenvalue weighted by Crippen LogP contribution is -2.17. The van der Waals surface area contributed by atoms with Crippen LogP contribution in [0.15, 0.2) is 35.9 Å². The summed E-state index contributed by atoms with van der Waals surface area (Å²) in [5.41, 5.74) is 0.626. The van der Waals surface area contributed by atoms with Gasteiger partial charge in [0.05, 0.1) is 13.7 Å². The van der Waals surface area contributed by atoms with Crippen LogP contribution in [0.4, 0.5) is 0 Å². The van der Waals surface area contributed by atoms with Crippen molar-refractivity contribution >= 4 is 18.0 Å². The third kappa shape index (κ3) is 3.75. The number of rotatable bonds is 4. The second-order valence-corrected chi connectivity index (χ2v) is 3.18. The molecule has 0 aliphatic carbocycles. The van der Waals surface area contributed by atoms with E-state index < -0.39 is 11.9 Å². The van der Waals surface area contributed by atoms with E-state index in [-0.39, 0.29) is 12.2 Å². The minimum Gasteiger partial charge on any atom is -0.465 e. The van der Waals surface area contributed by atoms with Crippen LogP contribution in [0.2, 0.25) is 0 Å². The molecule has 1 aromatic rings. The minimum atomic E-state index is -0.702. The summed E-state index contributed by atoms with van der Waals surface area (Å²) in [4.78, 5) is 23.0. The Morgan fingerprint density at radius 1 is 1.18 bits per heavy atom. The van der Waals surface area contributed by atoms with Crippen LogP contribution < -0.4 is 0 Å². The number of carbonyl (C=O) groups excluding carboxylic acids is 2. The molecule has 0 unspecified atom stereocenters. The van der Waals surface area contributed by atoms with Gasteiger partial charge in [-0.15, -0.1) is 0 Å². The van der Waals surface area contributed by atoms with E-state index in [0.717, 1.165) is 5.56 Å². The van der Waals surface area contributed by atoms with Crippen LogP contribution in [0.3, 0.4) is 0 Å². The number of esters is 2. The Balaban J connectivity index is 3.02. The molecule has 4 heteroatoms. The average molecular weight is 234 g/mol. The maximum absolute atomic E-state index is 11.6. The molecule has 0 aliphatic rings. The molecule has 0 bridgehead atoms. The Morgan fingerprint density at radius 2 is 1.82 bits per heavy atom. The first-order chi connectivity index (χ1) is 8.19. The molecular weight excluding hydrogens is 220 g/mol. The molecule has 1 rings (SSSR count). The maximum Gasteiger partial charge on any atom is 0.345 e. The quantitative estimate of drug-likeness (QED) is 0.345. The van der Waals surface area contributed by atoms with Gasteiger partial charge in [-0.05, 0) is 18.6 Å². The van der Waals surface area contributed by atoms with Gasteiger partial charge in [0, 0.05) is 0 Å². The molecule has 4 nitrogen and oxygen atoms in total. The van der Waals surface area contributed by atoms with Crippen LogP contribution in [0, 0.1) is 0 Å². The molecule has 0 heterocycles. The summed E-state index contributed by atoms with van der Waals surface area (Å²) in [6.07, 6.45) is 1.45. The molecule has 17 heavy (non-hydrogen) atoms. The number of carbonyl (C=O) groups is 2. The van der Waals surface area contributed by atoms with Crippen molar-refractivity contribution in [1.29, 1.82) is 0 Å². The number of hydrogen-bond donors (Lipinski definition) is 0. The van der Waals surface area contributed by atoms with Gasteiger partial charge in [-0.25, -0.2) is 9.59 Å². The van der Waals surface area contributed by atoms with Gasteiger partial charge < -0.3 is 9.47 Å². The van der Waals surface area contributed by atoms with Gasteiger partial charge >= 0.3 is 11.9 Å². The van der Waals surface area contributed by atoms with Crippen LogP contribution in [-0.2, 0) is 19.1 Å². The Hall–Kier alpha value is -2.10. The van der Waals surface area contributed by atoms with Crippen molar-refractivity contribution < 1.29 is 19.1 Å². The summed E-state index contributed by atoms with van der Waals surface area (Å²) >= 11 is 0. The molecule has 90 valence electrons. The lowest BCUT2D eigenvalue weighted by Gasteiger charge is -2.04. The number of methoxy groups -OCH3 is 1. The fraction of sp³-hybridized carbons (Fsp3) is 0.231. The van der Waals surface area contributed by atoms with Crippen molar-refractivity contribution in [2.75, 3.05) is 13.7 Å². The molecule has 0 radical (unpaired) electrons. The van der Waals surface area contributed by atoms with E-state index in [1.807, 2.05) is 18.2 Å². The zero-order valence-corrected chi connectivity index (χ0v) is 9.80. The van der Waals surface area contributed by atoms with E-state index >= 15 is 0 Å². The molecule has 0 spiro atoms. The van der Waals surface area contributed by atoms with Crippen LogP contribution >= 0.6 is 0 Å². The maximum atomic E-state index is 11.6. The van der Waals surface area contributed by atoms with Crippen molar-refractivity contribution in [2.45, 2.75) is 6.92 Å². The summed E-state index contributed by atoms with van der Waals surface area (Å²) < 4.78 is 9.34. The molecular formula is C13H14O4. The monoisotopic (exact) mass is 234 g/mol. The molecule has 0 atom stereocenters. The van der Waals surface area contributed by atoms with Crippen molar-refractivity contribution in [3.8, 4) is 0 Å². The van der Waals surface area contributed by atoms with E-state index in [1.54, 1.807) is 19.1 Å². The second-order valence-electron chi connectivity index (χ2n) is 3.18. The second kappa shape index (κ2) is 6.48. The van der Waals surface area contributed by atoms with Crippen molar-refractivity contribution in [1.82, 2.24) is 0 Å². The predicted molar refractivity (Wildman–Crippen MR) is 63.1 cm³/mol. The summed E-state index contributed by atoms with van der Waals surface area (Å²) in [6, 6.07) is 9.03. The third-order valence-electron chi connectivity index (χ3n) is 2.01. The third-order valence-corrected chi connectivity index (χ3v) is 2.01. The summed E-state index contributed by atoms with van der Waals surface area (Å²) in [6.45, 7) is 1.89. The van der Waals surface area contributed by atoms with E-state index in [0.29, 0.717) is 0 Å². The summed E-state index contributed by atoms with van der Waals surface area (Å²) in [5.74, 6) is -1.38. The lowest BCUT2D eigenvalue weighted by molar-refractivity contribution is -0.145. The standard InChI is InChI=1S/C13H14O4/c1-3-17-13(15)11(12(14)16-2)9-10-7-5-4-6-8-10/h4-9H,3H2,1-2H3. The number of ether oxygens (including phenoxy) is 2. The fourth-order valence-corrected chi connectivity index (χ4v) is 1.24. The topological polar surface area (TPSA) is 52.6 Å². The molecule has 0 fully saturated rings. The Bertz CT molecular complexity index is 420. The normalized spacial score (nSPS) is 10.8. The zero-order valence-electron chi connectivity index (χ0n) is 9.80. The lowest BCUT2D eigenvalue weighted by atomic mass is 10.1. The SMILES string of the molecule is CCOC(=O)C(=Cc1ccccc1)C(=O)OC. The molecule has 0 aliphatic heterocycles. The van der Waals surface area contributed by atoms with Crippen molar-refractivity contribution in [2.24, 2.45) is 0 Å². The largest absolute Gasteiger partial charge is 0.465 e.